The molecular formula is C11H22O4. The van der Waals surface area contributed by atoms with E-state index in [0.717, 1.165) is 0 Å². The summed E-state index contributed by atoms with van der Waals surface area (Å²) in [4.78, 5) is 19.3. The Morgan fingerprint density at radius 2 is 1.13 bits per heavy atom. The molecule has 0 aromatic carbocycles. The van der Waals surface area contributed by atoms with Gasteiger partial charge in [0.15, 0.2) is 0 Å². The number of hydrogen-bond donors (Lipinski definition) is 2. The van der Waals surface area contributed by atoms with Crippen molar-refractivity contribution in [2.24, 2.45) is 0 Å². The lowest BCUT2D eigenvalue weighted by Gasteiger charge is -1.90. The van der Waals surface area contributed by atoms with E-state index in [4.69, 9.17) is 10.2 Å². The van der Waals surface area contributed by atoms with Gasteiger partial charge < -0.3 is 10.2 Å². The second-order valence-electron chi connectivity index (χ2n) is 3.35. The molecule has 4 heteroatoms. The van der Waals surface area contributed by atoms with Gasteiger partial charge in [-0.25, -0.2) is 0 Å². The Kier molecular flexibility index (Phi) is 14.1. The molecule has 0 aliphatic rings. The van der Waals surface area contributed by atoms with Crippen molar-refractivity contribution in [1.29, 1.82) is 0 Å². The largest absolute Gasteiger partial charge is 0.481 e. The Hall–Kier alpha value is -1.06. The fourth-order valence-electron chi connectivity index (χ4n) is 0.891. The van der Waals surface area contributed by atoms with Gasteiger partial charge in [-0.2, -0.15) is 0 Å². The molecule has 0 aliphatic carbocycles. The number of aliphatic carboxylic acids is 2. The zero-order chi connectivity index (χ0) is 12.1. The molecule has 90 valence electrons. The van der Waals surface area contributed by atoms with Gasteiger partial charge >= 0.3 is 11.9 Å². The minimum atomic E-state index is -1.08. The Bertz CT molecular complexity index is 148. The molecule has 0 heterocycles. The molecule has 0 bridgehead atoms. The zero-order valence-electron chi connectivity index (χ0n) is 9.66. The van der Waals surface area contributed by atoms with Crippen molar-refractivity contribution in [3.63, 3.8) is 0 Å². The van der Waals surface area contributed by atoms with Crippen LogP contribution in [0.15, 0.2) is 0 Å². The van der Waals surface area contributed by atoms with Crippen LogP contribution in [0.5, 0.6) is 0 Å². The minimum absolute atomic E-state index is 0.296. The van der Waals surface area contributed by atoms with Crippen molar-refractivity contribution >= 4 is 11.9 Å². The molecule has 0 spiro atoms. The van der Waals surface area contributed by atoms with E-state index in [1.807, 2.05) is 0 Å². The lowest BCUT2D eigenvalue weighted by Crippen LogP contribution is -2.00. The van der Waals surface area contributed by atoms with E-state index in [2.05, 4.69) is 13.8 Å². The molecule has 0 rings (SSSR count). The maximum absolute atomic E-state index is 9.64. The van der Waals surface area contributed by atoms with Gasteiger partial charge in [0, 0.05) is 0 Å². The second-order valence-corrected chi connectivity index (χ2v) is 3.35. The van der Waals surface area contributed by atoms with Crippen LogP contribution in [0.25, 0.3) is 0 Å². The minimum Gasteiger partial charge on any atom is -0.481 e. The van der Waals surface area contributed by atoms with E-state index in [-0.39, 0.29) is 12.8 Å². The van der Waals surface area contributed by atoms with Crippen LogP contribution < -0.4 is 0 Å². The average molecular weight is 218 g/mol. The van der Waals surface area contributed by atoms with Gasteiger partial charge in [0.2, 0.25) is 0 Å². The smallest absolute Gasteiger partial charge is 0.303 e. The van der Waals surface area contributed by atoms with Gasteiger partial charge in [-0.3, -0.25) is 9.59 Å². The van der Waals surface area contributed by atoms with Gasteiger partial charge in [-0.05, 0) is 0 Å². The van der Waals surface area contributed by atoms with Crippen LogP contribution in [0, 0.1) is 0 Å². The van der Waals surface area contributed by atoms with Crippen LogP contribution in [0.1, 0.15) is 58.8 Å². The van der Waals surface area contributed by atoms with Gasteiger partial charge in [-0.15, -0.1) is 0 Å². The Balaban J connectivity index is 0. The molecule has 0 saturated heterocycles. The first-order valence-electron chi connectivity index (χ1n) is 5.48. The highest BCUT2D eigenvalue weighted by atomic mass is 16.4. The Labute approximate surface area is 91.3 Å². The molecule has 0 unspecified atom stereocenters. The lowest BCUT2D eigenvalue weighted by molar-refractivity contribution is -0.143. The molecule has 0 saturated carbocycles. The average Bonchev–Trinajstić information content (AvgIpc) is 2.17. The van der Waals surface area contributed by atoms with Crippen molar-refractivity contribution in [3.8, 4) is 0 Å². The maximum atomic E-state index is 9.64. The van der Waals surface area contributed by atoms with E-state index >= 15 is 0 Å². The third-order valence-electron chi connectivity index (χ3n) is 1.76. The van der Waals surface area contributed by atoms with Crippen molar-refractivity contribution < 1.29 is 19.8 Å². The first kappa shape index (κ1) is 16.4. The van der Waals surface area contributed by atoms with E-state index in [0.29, 0.717) is 0 Å². The maximum Gasteiger partial charge on any atom is 0.303 e. The number of carboxylic acid groups (broad SMARTS) is 2. The quantitative estimate of drug-likeness (QED) is 0.644. The number of carbonyl (C=O) groups is 2. The van der Waals surface area contributed by atoms with Gasteiger partial charge in [0.05, 0.1) is 12.8 Å². The van der Waals surface area contributed by atoms with Crippen molar-refractivity contribution in [3.05, 3.63) is 0 Å². The zero-order valence-corrected chi connectivity index (χ0v) is 9.66. The van der Waals surface area contributed by atoms with Crippen LogP contribution in [0.2, 0.25) is 0 Å². The molecular weight excluding hydrogens is 196 g/mol. The fraction of sp³-hybridized carbons (Fsp3) is 0.818. The summed E-state index contributed by atoms with van der Waals surface area (Å²) in [5, 5.41) is 15.8. The molecule has 0 aliphatic heterocycles. The summed E-state index contributed by atoms with van der Waals surface area (Å²) < 4.78 is 0. The molecule has 0 radical (unpaired) electrons. The van der Waals surface area contributed by atoms with E-state index in [1.165, 1.54) is 32.1 Å². The van der Waals surface area contributed by atoms with Crippen LogP contribution in [0.4, 0.5) is 0 Å². The third kappa shape index (κ3) is 24.6. The standard InChI is InChI=1S/C7H16.C4H6O4/c1-3-5-7-6-4-2;5-3(6)1-2-4(7)8/h3-7H2,1-2H3;1-2H2,(H,5,6)(H,7,8). The van der Waals surface area contributed by atoms with E-state index in [9.17, 15) is 9.59 Å². The molecule has 0 aromatic heterocycles. The summed E-state index contributed by atoms with van der Waals surface area (Å²) in [6, 6.07) is 0. The summed E-state index contributed by atoms with van der Waals surface area (Å²) >= 11 is 0. The first-order valence-corrected chi connectivity index (χ1v) is 5.48. The highest BCUT2D eigenvalue weighted by Gasteiger charge is 2.00. The van der Waals surface area contributed by atoms with E-state index < -0.39 is 11.9 Å². The monoisotopic (exact) mass is 218 g/mol. The summed E-state index contributed by atoms with van der Waals surface area (Å²) in [5.41, 5.74) is 0. The van der Waals surface area contributed by atoms with Gasteiger partial charge in [0.1, 0.15) is 0 Å². The third-order valence-corrected chi connectivity index (χ3v) is 1.76. The molecule has 0 aromatic rings. The summed E-state index contributed by atoms with van der Waals surface area (Å²) in [7, 11) is 0. The number of unbranched alkanes of at least 4 members (excludes halogenated alkanes) is 4. The lowest BCUT2D eigenvalue weighted by atomic mass is 10.2. The van der Waals surface area contributed by atoms with Gasteiger partial charge in [-0.1, -0.05) is 46.0 Å². The molecule has 0 amide bonds. The molecule has 15 heavy (non-hydrogen) atoms. The van der Waals surface area contributed by atoms with Crippen molar-refractivity contribution in [1.82, 2.24) is 0 Å². The molecule has 4 nitrogen and oxygen atoms in total. The SMILES string of the molecule is CCCCCCC.O=C(O)CCC(=O)O. The van der Waals surface area contributed by atoms with Gasteiger partial charge in [0.25, 0.3) is 0 Å². The topological polar surface area (TPSA) is 74.6 Å². The van der Waals surface area contributed by atoms with Crippen LogP contribution in [-0.4, -0.2) is 22.2 Å². The van der Waals surface area contributed by atoms with E-state index in [1.54, 1.807) is 0 Å². The normalized spacial score (nSPS) is 8.93. The summed E-state index contributed by atoms with van der Waals surface area (Å²) in [6.07, 6.45) is 6.42. The summed E-state index contributed by atoms with van der Waals surface area (Å²) in [5.74, 6) is -2.15. The number of carboxylic acids is 2. The molecule has 2 N–H and O–H groups in total. The van der Waals surface area contributed by atoms with Crippen LogP contribution in [-0.2, 0) is 9.59 Å². The number of hydrogen-bond acceptors (Lipinski definition) is 2. The molecule has 0 atom stereocenters. The van der Waals surface area contributed by atoms with Crippen molar-refractivity contribution in [2.45, 2.75) is 58.8 Å². The highest BCUT2D eigenvalue weighted by Crippen LogP contribution is 2.00. The fourth-order valence-corrected chi connectivity index (χ4v) is 0.891. The molecule has 0 fully saturated rings. The predicted octanol–water partition coefficient (Wildman–Crippen LogP) is 2.91. The number of rotatable bonds is 7. The first-order chi connectivity index (χ1) is 7.04. The summed E-state index contributed by atoms with van der Waals surface area (Å²) in [6.45, 7) is 4.49. The van der Waals surface area contributed by atoms with Crippen LogP contribution in [0.3, 0.4) is 0 Å². The van der Waals surface area contributed by atoms with Crippen LogP contribution >= 0.6 is 0 Å². The second kappa shape index (κ2) is 12.9. The Morgan fingerprint density at radius 1 is 0.800 bits per heavy atom. The van der Waals surface area contributed by atoms with Crippen molar-refractivity contribution in [2.75, 3.05) is 0 Å². The predicted molar refractivity (Wildman–Crippen MR) is 58.9 cm³/mol. The Morgan fingerprint density at radius 3 is 1.33 bits per heavy atom. The highest BCUT2D eigenvalue weighted by molar-refractivity contribution is 5.75.